The molecule has 1 saturated heterocycles. The van der Waals surface area contributed by atoms with E-state index in [1.807, 2.05) is 18.2 Å². The van der Waals surface area contributed by atoms with Gasteiger partial charge in [-0.05, 0) is 38.5 Å². The van der Waals surface area contributed by atoms with E-state index in [2.05, 4.69) is 17.2 Å². The molecule has 1 aromatic heterocycles. The van der Waals surface area contributed by atoms with Gasteiger partial charge in [-0.3, -0.25) is 4.90 Å². The minimum absolute atomic E-state index is 0.204. The maximum Gasteiger partial charge on any atom is 0.324 e. The maximum atomic E-state index is 12.2. The molecule has 146 valence electrons. The van der Waals surface area contributed by atoms with Gasteiger partial charge in [0.05, 0.1) is 24.0 Å². The third-order valence-electron chi connectivity index (χ3n) is 6.03. The van der Waals surface area contributed by atoms with E-state index < -0.39 is 11.8 Å². The molecule has 2 N–H and O–H groups in total. The van der Waals surface area contributed by atoms with Crippen LogP contribution in [0, 0.1) is 5.41 Å². The minimum atomic E-state index is -0.973. The van der Waals surface area contributed by atoms with Gasteiger partial charge in [-0.15, -0.1) is 0 Å². The number of fused-ring (bicyclic) bond motifs is 3. The first-order chi connectivity index (χ1) is 13.3. The lowest BCUT2D eigenvalue weighted by Gasteiger charge is -2.25. The van der Waals surface area contributed by atoms with Gasteiger partial charge < -0.3 is 19.9 Å². The third kappa shape index (κ3) is 2.53. The van der Waals surface area contributed by atoms with Gasteiger partial charge in [0, 0.05) is 23.0 Å². The Kier molecular flexibility index (Phi) is 3.47. The second kappa shape index (κ2) is 5.61. The van der Waals surface area contributed by atoms with Crippen molar-refractivity contribution >= 4 is 11.7 Å². The predicted molar refractivity (Wildman–Crippen MR) is 103 cm³/mol. The predicted octanol–water partition coefficient (Wildman–Crippen LogP) is 3.39. The van der Waals surface area contributed by atoms with Crippen LogP contribution in [0.2, 0.25) is 0 Å². The van der Waals surface area contributed by atoms with Crippen molar-refractivity contribution in [2.45, 2.75) is 44.9 Å². The van der Waals surface area contributed by atoms with Gasteiger partial charge in [0.25, 0.3) is 0 Å². The summed E-state index contributed by atoms with van der Waals surface area (Å²) >= 11 is 0. The molecule has 3 atom stereocenters. The lowest BCUT2D eigenvalue weighted by atomic mass is 9.97. The first-order valence-electron chi connectivity index (χ1n) is 9.48. The van der Waals surface area contributed by atoms with Crippen molar-refractivity contribution in [2.75, 3.05) is 11.5 Å². The molecule has 3 aliphatic rings. The highest BCUT2D eigenvalue weighted by Gasteiger charge is 2.56. The average molecular weight is 381 g/mol. The molecule has 5 rings (SSSR count). The van der Waals surface area contributed by atoms with E-state index in [1.165, 1.54) is 11.1 Å². The highest BCUT2D eigenvalue weighted by molar-refractivity contribution is 5.95. The van der Waals surface area contributed by atoms with Gasteiger partial charge in [0.1, 0.15) is 11.5 Å². The smallest absolute Gasteiger partial charge is 0.324 e. The quantitative estimate of drug-likeness (QED) is 0.851. The Balaban J connectivity index is 1.40. The summed E-state index contributed by atoms with van der Waals surface area (Å²) in [6.45, 7) is 6.52. The molecule has 2 amide bonds. The Hall–Kier alpha value is -2.80. The van der Waals surface area contributed by atoms with Crippen LogP contribution in [0.3, 0.4) is 0 Å². The fraction of sp³-hybridized carbons (Fsp3) is 0.429. The first-order valence-corrected chi connectivity index (χ1v) is 9.48. The zero-order valence-corrected chi connectivity index (χ0v) is 16.1. The van der Waals surface area contributed by atoms with E-state index in [4.69, 9.17) is 9.47 Å². The molecule has 28 heavy (non-hydrogen) atoms. The Bertz CT molecular complexity index is 959. The van der Waals surface area contributed by atoms with Crippen LogP contribution >= 0.6 is 0 Å². The largest absolute Gasteiger partial charge is 0.493 e. The number of aliphatic hydroxyl groups is 1. The van der Waals surface area contributed by atoms with Crippen molar-refractivity contribution in [1.29, 1.82) is 0 Å². The molecule has 1 aromatic carbocycles. The van der Waals surface area contributed by atoms with Gasteiger partial charge in [-0.2, -0.15) is 0 Å². The van der Waals surface area contributed by atoms with Crippen LogP contribution in [0.15, 0.2) is 36.5 Å². The molecule has 2 aliphatic heterocycles. The summed E-state index contributed by atoms with van der Waals surface area (Å²) in [5, 5.41) is 13.2. The summed E-state index contributed by atoms with van der Waals surface area (Å²) in [4.78, 5) is 17.8. The number of nitrogens with one attached hydrogen (secondary N) is 1. The Morgan fingerprint density at radius 3 is 2.79 bits per heavy atom. The van der Waals surface area contributed by atoms with Gasteiger partial charge in [0.15, 0.2) is 6.23 Å². The fourth-order valence-corrected chi connectivity index (χ4v) is 4.12. The van der Waals surface area contributed by atoms with Crippen LogP contribution in [0.25, 0.3) is 0 Å². The average Bonchev–Trinajstić information content (AvgIpc) is 3.29. The summed E-state index contributed by atoms with van der Waals surface area (Å²) in [5.41, 5.74) is 1.09. The molecule has 0 bridgehead atoms. The number of carbonyl (C=O) groups excluding carboxylic acids is 1. The van der Waals surface area contributed by atoms with E-state index in [0.717, 1.165) is 30.1 Å². The zero-order chi connectivity index (χ0) is 19.7. The summed E-state index contributed by atoms with van der Waals surface area (Å²) in [7, 11) is 0. The molecule has 7 nitrogen and oxygen atoms in total. The van der Waals surface area contributed by atoms with Crippen LogP contribution in [0.5, 0.6) is 17.4 Å². The third-order valence-corrected chi connectivity index (χ3v) is 6.03. The number of benzene rings is 1. The van der Waals surface area contributed by atoms with Crippen molar-refractivity contribution in [3.8, 4) is 17.4 Å². The van der Waals surface area contributed by atoms with Crippen molar-refractivity contribution in [2.24, 2.45) is 5.41 Å². The molecule has 7 heteroatoms. The number of ether oxygens (including phenoxy) is 2. The van der Waals surface area contributed by atoms with Crippen LogP contribution in [0.4, 0.5) is 10.5 Å². The highest BCUT2D eigenvalue weighted by atomic mass is 16.5. The maximum absolute atomic E-state index is 12.2. The van der Waals surface area contributed by atoms with Crippen LogP contribution in [-0.2, 0) is 0 Å². The Labute approximate surface area is 163 Å². The van der Waals surface area contributed by atoms with Gasteiger partial charge in [-0.25, -0.2) is 9.78 Å². The monoisotopic (exact) mass is 381 g/mol. The highest BCUT2D eigenvalue weighted by Crippen LogP contribution is 2.65. The number of aliphatic hydroxyl groups excluding tert-OH is 1. The number of pyridine rings is 1. The second-order valence-corrected chi connectivity index (χ2v) is 8.72. The number of hydrogen-bond donors (Lipinski definition) is 2. The lowest BCUT2D eigenvalue weighted by Crippen LogP contribution is -2.44. The van der Waals surface area contributed by atoms with Crippen molar-refractivity contribution in [3.63, 3.8) is 0 Å². The molecule has 0 radical (unpaired) electrons. The van der Waals surface area contributed by atoms with Crippen LogP contribution in [0.1, 0.15) is 38.7 Å². The molecule has 3 unspecified atom stereocenters. The molecule has 3 heterocycles. The molecule has 2 fully saturated rings. The van der Waals surface area contributed by atoms with E-state index in [-0.39, 0.29) is 11.4 Å². The number of aromatic nitrogens is 1. The van der Waals surface area contributed by atoms with Gasteiger partial charge in [-0.1, -0.05) is 13.0 Å². The topological polar surface area (TPSA) is 83.9 Å². The summed E-state index contributed by atoms with van der Waals surface area (Å²) in [6.07, 6.45) is 1.66. The fourth-order valence-electron chi connectivity index (χ4n) is 4.12. The van der Waals surface area contributed by atoms with Gasteiger partial charge in [0.2, 0.25) is 5.88 Å². The standard InChI is InChI=1S/C21H23N3O4/c1-20(2)18(25)24(19(26)23-20)12-7-8-16(22-10-12)28-15-6-4-5-14-17(15)13-9-21(13,3)11-27-14/h4-8,10,13,18,25H,9,11H2,1-3H3,(H,23,26). The molecule has 0 spiro atoms. The van der Waals surface area contributed by atoms with Crippen molar-refractivity contribution in [3.05, 3.63) is 42.1 Å². The second-order valence-electron chi connectivity index (χ2n) is 8.72. The van der Waals surface area contributed by atoms with Crippen molar-refractivity contribution in [1.82, 2.24) is 10.3 Å². The molecule has 2 aromatic rings. The molecule has 1 aliphatic carbocycles. The zero-order valence-electron chi connectivity index (χ0n) is 16.1. The number of anilines is 1. The first kappa shape index (κ1) is 17.3. The van der Waals surface area contributed by atoms with E-state index in [9.17, 15) is 9.90 Å². The number of carbonyl (C=O) groups is 1. The van der Waals surface area contributed by atoms with E-state index in [0.29, 0.717) is 17.5 Å². The summed E-state index contributed by atoms with van der Waals surface area (Å²) in [6, 6.07) is 8.90. The lowest BCUT2D eigenvalue weighted by molar-refractivity contribution is 0.120. The van der Waals surface area contributed by atoms with Crippen LogP contribution < -0.4 is 19.7 Å². The number of urea groups is 1. The van der Waals surface area contributed by atoms with E-state index in [1.54, 1.807) is 26.0 Å². The molecule has 1 saturated carbocycles. The molecular weight excluding hydrogens is 358 g/mol. The van der Waals surface area contributed by atoms with Crippen LogP contribution in [-0.4, -0.2) is 34.5 Å². The normalized spacial score (nSPS) is 29.4. The number of amides is 2. The number of hydrogen-bond acceptors (Lipinski definition) is 5. The Morgan fingerprint density at radius 1 is 1.29 bits per heavy atom. The van der Waals surface area contributed by atoms with Gasteiger partial charge >= 0.3 is 6.03 Å². The molecular formula is C21H23N3O4. The minimum Gasteiger partial charge on any atom is -0.493 e. The summed E-state index contributed by atoms with van der Waals surface area (Å²) in [5.74, 6) is 2.52. The van der Waals surface area contributed by atoms with Crippen molar-refractivity contribution < 1.29 is 19.4 Å². The number of rotatable bonds is 3. The van der Waals surface area contributed by atoms with E-state index >= 15 is 0 Å². The SMILES string of the molecule is CC12COc3cccc(Oc4ccc(N5C(=O)NC(C)(C)C5O)cn4)c3C1C2. The number of nitrogens with zero attached hydrogens (tertiary/aromatic N) is 2. The summed E-state index contributed by atoms with van der Waals surface area (Å²) < 4.78 is 12.0. The Morgan fingerprint density at radius 2 is 2.11 bits per heavy atom.